The Kier molecular flexibility index (Phi) is 3.56. The summed E-state index contributed by atoms with van der Waals surface area (Å²) in [6.07, 6.45) is 0.815. The third kappa shape index (κ3) is 2.66. The van der Waals surface area contributed by atoms with Crippen LogP contribution in [-0.2, 0) is 14.9 Å². The van der Waals surface area contributed by atoms with Crippen LogP contribution in [0, 0.1) is 5.92 Å². The quantitative estimate of drug-likeness (QED) is 0.787. The van der Waals surface area contributed by atoms with Gasteiger partial charge in [0.15, 0.2) is 0 Å². The molecular weight excluding hydrogens is 272 g/mol. The highest BCUT2D eigenvalue weighted by Gasteiger charge is 2.61. The zero-order valence-electron chi connectivity index (χ0n) is 13.4. The smallest absolute Gasteiger partial charge is 0.310 e. The van der Waals surface area contributed by atoms with Gasteiger partial charge < -0.3 is 4.74 Å². The van der Waals surface area contributed by atoms with Crippen LogP contribution < -0.4 is 0 Å². The van der Waals surface area contributed by atoms with Crippen molar-refractivity contribution in [2.24, 2.45) is 5.92 Å². The lowest BCUT2D eigenvalue weighted by molar-refractivity contribution is -0.156. The second-order valence-corrected chi connectivity index (χ2v) is 6.99. The molecule has 0 aromatic heterocycles. The van der Waals surface area contributed by atoms with Crippen LogP contribution in [0.25, 0.3) is 0 Å². The number of esters is 1. The van der Waals surface area contributed by atoms with E-state index in [1.807, 2.05) is 57.2 Å². The van der Waals surface area contributed by atoms with E-state index in [0.29, 0.717) is 0 Å². The molecule has 0 bridgehead atoms. The summed E-state index contributed by atoms with van der Waals surface area (Å²) in [5.74, 6) is -0.197. The average Bonchev–Trinajstić information content (AvgIpc) is 3.24. The van der Waals surface area contributed by atoms with E-state index in [4.69, 9.17) is 4.74 Å². The number of carbonyl (C=O) groups excluding carboxylic acids is 1. The zero-order chi connectivity index (χ0) is 15.8. The third-order valence-electron chi connectivity index (χ3n) is 4.23. The summed E-state index contributed by atoms with van der Waals surface area (Å²) in [6.45, 7) is 5.75. The highest BCUT2D eigenvalue weighted by Crippen LogP contribution is 2.59. The SMILES string of the molecule is CC(C)(C)OC(=O)[C@H]1CC1(c1ccccc1)c1ccccc1. The van der Waals surface area contributed by atoms with Crippen molar-refractivity contribution in [3.05, 3.63) is 71.8 Å². The van der Waals surface area contributed by atoms with E-state index in [9.17, 15) is 4.79 Å². The molecule has 1 fully saturated rings. The number of rotatable bonds is 3. The minimum atomic E-state index is -0.446. The maximum Gasteiger partial charge on any atom is 0.310 e. The largest absolute Gasteiger partial charge is 0.460 e. The van der Waals surface area contributed by atoms with Crippen molar-refractivity contribution in [1.29, 1.82) is 0 Å². The molecule has 0 N–H and O–H groups in total. The molecule has 0 amide bonds. The molecule has 2 aromatic carbocycles. The van der Waals surface area contributed by atoms with Crippen LogP contribution in [0.1, 0.15) is 38.3 Å². The van der Waals surface area contributed by atoms with Gasteiger partial charge in [-0.15, -0.1) is 0 Å². The van der Waals surface area contributed by atoms with Crippen LogP contribution in [0.15, 0.2) is 60.7 Å². The van der Waals surface area contributed by atoms with Gasteiger partial charge in [-0.2, -0.15) is 0 Å². The van der Waals surface area contributed by atoms with E-state index >= 15 is 0 Å². The van der Waals surface area contributed by atoms with Crippen LogP contribution in [0.4, 0.5) is 0 Å². The molecule has 0 unspecified atom stereocenters. The fourth-order valence-corrected chi connectivity index (χ4v) is 3.20. The van der Waals surface area contributed by atoms with E-state index in [1.54, 1.807) is 0 Å². The number of ether oxygens (including phenoxy) is 1. The molecule has 1 aliphatic carbocycles. The summed E-state index contributed by atoms with van der Waals surface area (Å²) in [5, 5.41) is 0. The van der Waals surface area contributed by atoms with Crippen LogP contribution >= 0.6 is 0 Å². The Morgan fingerprint density at radius 2 is 1.41 bits per heavy atom. The summed E-state index contributed by atoms with van der Waals surface area (Å²) in [6, 6.07) is 20.6. The molecule has 2 heteroatoms. The molecular formula is C20H22O2. The van der Waals surface area contributed by atoms with Crippen molar-refractivity contribution >= 4 is 5.97 Å². The Morgan fingerprint density at radius 3 is 1.82 bits per heavy atom. The second kappa shape index (κ2) is 5.28. The summed E-state index contributed by atoms with van der Waals surface area (Å²) in [5.41, 5.74) is 1.71. The summed E-state index contributed by atoms with van der Waals surface area (Å²) in [7, 11) is 0. The van der Waals surface area contributed by atoms with E-state index < -0.39 is 5.60 Å². The predicted octanol–water partition coefficient (Wildman–Crippen LogP) is 4.33. The predicted molar refractivity (Wildman–Crippen MR) is 87.6 cm³/mol. The first-order chi connectivity index (χ1) is 10.4. The summed E-state index contributed by atoms with van der Waals surface area (Å²) >= 11 is 0. The number of benzene rings is 2. The second-order valence-electron chi connectivity index (χ2n) is 6.99. The van der Waals surface area contributed by atoms with Gasteiger partial charge >= 0.3 is 5.97 Å². The summed E-state index contributed by atoms with van der Waals surface area (Å²) in [4.78, 5) is 12.6. The van der Waals surface area contributed by atoms with Crippen molar-refractivity contribution in [3.63, 3.8) is 0 Å². The first-order valence-electron chi connectivity index (χ1n) is 7.77. The average molecular weight is 294 g/mol. The van der Waals surface area contributed by atoms with Crippen LogP contribution in [0.2, 0.25) is 0 Å². The van der Waals surface area contributed by atoms with Crippen LogP contribution in [0.5, 0.6) is 0 Å². The lowest BCUT2D eigenvalue weighted by atomic mass is 9.86. The van der Waals surface area contributed by atoms with Gasteiger partial charge in [-0.05, 0) is 38.3 Å². The van der Waals surface area contributed by atoms with Gasteiger partial charge in [0.05, 0.1) is 5.92 Å². The molecule has 2 nitrogen and oxygen atoms in total. The molecule has 1 saturated carbocycles. The third-order valence-corrected chi connectivity index (χ3v) is 4.23. The van der Waals surface area contributed by atoms with Gasteiger partial charge in [-0.1, -0.05) is 60.7 Å². The van der Waals surface area contributed by atoms with Crippen molar-refractivity contribution < 1.29 is 9.53 Å². The normalized spacial score (nSPS) is 19.5. The van der Waals surface area contributed by atoms with Gasteiger partial charge in [0.25, 0.3) is 0 Å². The van der Waals surface area contributed by atoms with E-state index in [0.717, 1.165) is 6.42 Å². The Balaban J connectivity index is 1.97. The van der Waals surface area contributed by atoms with Crippen molar-refractivity contribution in [2.75, 3.05) is 0 Å². The maximum atomic E-state index is 12.6. The lowest BCUT2D eigenvalue weighted by Crippen LogP contribution is -2.27. The highest BCUT2D eigenvalue weighted by molar-refractivity contribution is 5.81. The van der Waals surface area contributed by atoms with E-state index in [-0.39, 0.29) is 17.3 Å². The number of hydrogen-bond acceptors (Lipinski definition) is 2. The molecule has 0 heterocycles. The molecule has 0 radical (unpaired) electrons. The molecule has 114 valence electrons. The van der Waals surface area contributed by atoms with Crippen molar-refractivity contribution in [2.45, 2.75) is 38.2 Å². The molecule has 0 aliphatic heterocycles. The van der Waals surface area contributed by atoms with Gasteiger partial charge in [-0.25, -0.2) is 0 Å². The van der Waals surface area contributed by atoms with Crippen molar-refractivity contribution in [1.82, 2.24) is 0 Å². The van der Waals surface area contributed by atoms with Crippen LogP contribution in [-0.4, -0.2) is 11.6 Å². The molecule has 22 heavy (non-hydrogen) atoms. The van der Waals surface area contributed by atoms with E-state index in [1.165, 1.54) is 11.1 Å². The first-order valence-corrected chi connectivity index (χ1v) is 7.77. The van der Waals surface area contributed by atoms with Gasteiger partial charge in [0, 0.05) is 5.41 Å². The number of carbonyl (C=O) groups is 1. The van der Waals surface area contributed by atoms with Gasteiger partial charge in [0.2, 0.25) is 0 Å². The minimum absolute atomic E-state index is 0.0970. The Bertz CT molecular complexity index is 614. The first kappa shape index (κ1) is 14.8. The Hall–Kier alpha value is -2.09. The highest BCUT2D eigenvalue weighted by atomic mass is 16.6. The fourth-order valence-electron chi connectivity index (χ4n) is 3.20. The molecule has 1 aliphatic rings. The standard InChI is InChI=1S/C20H22O2/c1-19(2,3)22-18(21)17-14-20(17,15-10-6-4-7-11-15)16-12-8-5-9-13-16/h4-13,17H,14H2,1-3H3/t17-/m1/s1. The molecule has 0 spiro atoms. The summed E-state index contributed by atoms with van der Waals surface area (Å²) < 4.78 is 5.62. The minimum Gasteiger partial charge on any atom is -0.460 e. The monoisotopic (exact) mass is 294 g/mol. The van der Waals surface area contributed by atoms with Crippen molar-refractivity contribution in [3.8, 4) is 0 Å². The molecule has 3 rings (SSSR count). The Morgan fingerprint density at radius 1 is 0.955 bits per heavy atom. The molecule has 2 aromatic rings. The number of hydrogen-bond donors (Lipinski definition) is 0. The van der Waals surface area contributed by atoms with Crippen LogP contribution in [0.3, 0.4) is 0 Å². The Labute approximate surface area is 132 Å². The zero-order valence-corrected chi connectivity index (χ0v) is 13.4. The topological polar surface area (TPSA) is 26.3 Å². The molecule has 0 saturated heterocycles. The maximum absolute atomic E-state index is 12.6. The van der Waals surface area contributed by atoms with E-state index in [2.05, 4.69) is 24.3 Å². The van der Waals surface area contributed by atoms with Gasteiger partial charge in [-0.3, -0.25) is 4.79 Å². The lowest BCUT2D eigenvalue weighted by Gasteiger charge is -2.22. The fraction of sp³-hybridized carbons (Fsp3) is 0.350. The van der Waals surface area contributed by atoms with Gasteiger partial charge in [0.1, 0.15) is 5.60 Å². The molecule has 1 atom stereocenters.